The van der Waals surface area contributed by atoms with Crippen molar-refractivity contribution in [2.24, 2.45) is 5.73 Å². The van der Waals surface area contributed by atoms with Gasteiger partial charge >= 0.3 is 0 Å². The number of hydrogen-bond donors (Lipinski definition) is 3. The number of benzene rings is 1. The van der Waals surface area contributed by atoms with E-state index in [2.05, 4.69) is 14.7 Å². The largest absolute Gasteiger partial charge is 0.332 e. The average molecular weight is 284 g/mol. The highest BCUT2D eigenvalue weighted by atomic mass is 32.2. The molecule has 0 saturated heterocycles. The van der Waals surface area contributed by atoms with Crippen molar-refractivity contribution < 1.29 is 12.8 Å². The number of aromatic amines is 1. The Morgan fingerprint density at radius 3 is 2.79 bits per heavy atom. The van der Waals surface area contributed by atoms with E-state index in [-0.39, 0.29) is 17.3 Å². The number of hydrogen-bond acceptors (Lipinski definition) is 4. The second-order valence-corrected chi connectivity index (χ2v) is 5.59. The van der Waals surface area contributed by atoms with Crippen molar-refractivity contribution in [1.29, 1.82) is 0 Å². The Bertz CT molecular complexity index is 696. The van der Waals surface area contributed by atoms with Crippen LogP contribution in [-0.2, 0) is 16.6 Å². The normalized spacial score (nSPS) is 11.5. The van der Waals surface area contributed by atoms with E-state index < -0.39 is 15.8 Å². The van der Waals surface area contributed by atoms with Crippen LogP contribution in [0, 0.1) is 12.7 Å². The predicted octanol–water partition coefficient (Wildman–Crippen LogP) is 1.12. The third kappa shape index (κ3) is 2.91. The zero-order valence-corrected chi connectivity index (χ0v) is 11.0. The van der Waals surface area contributed by atoms with Gasteiger partial charge in [-0.25, -0.2) is 9.37 Å². The van der Waals surface area contributed by atoms with Crippen molar-refractivity contribution in [1.82, 2.24) is 9.97 Å². The molecule has 1 aromatic carbocycles. The summed E-state index contributed by atoms with van der Waals surface area (Å²) in [6.45, 7) is 1.67. The first kappa shape index (κ1) is 13.5. The second-order valence-electron chi connectivity index (χ2n) is 3.94. The average Bonchev–Trinajstić information content (AvgIpc) is 2.79. The summed E-state index contributed by atoms with van der Waals surface area (Å²) in [6, 6.07) is 3.68. The van der Waals surface area contributed by atoms with Crippen LogP contribution in [0.1, 0.15) is 11.4 Å². The number of aromatic nitrogens is 2. The van der Waals surface area contributed by atoms with Crippen molar-refractivity contribution in [3.05, 3.63) is 41.6 Å². The summed E-state index contributed by atoms with van der Waals surface area (Å²) < 4.78 is 39.5. The molecule has 0 atom stereocenters. The van der Waals surface area contributed by atoms with E-state index in [1.165, 1.54) is 18.3 Å². The van der Waals surface area contributed by atoms with Crippen molar-refractivity contribution in [3.63, 3.8) is 0 Å². The maximum Gasteiger partial charge on any atom is 0.278 e. The van der Waals surface area contributed by atoms with E-state index in [4.69, 9.17) is 5.73 Å². The summed E-state index contributed by atoms with van der Waals surface area (Å²) in [5.41, 5.74) is 6.08. The molecular weight excluding hydrogens is 271 g/mol. The van der Waals surface area contributed by atoms with E-state index in [9.17, 15) is 12.8 Å². The first-order chi connectivity index (χ1) is 8.92. The fourth-order valence-electron chi connectivity index (χ4n) is 1.57. The molecule has 1 aromatic heterocycles. The lowest BCUT2D eigenvalue weighted by molar-refractivity contribution is 0.597. The maximum atomic E-state index is 13.0. The summed E-state index contributed by atoms with van der Waals surface area (Å²) in [6.07, 6.45) is 1.21. The Morgan fingerprint density at radius 1 is 1.47 bits per heavy atom. The number of sulfonamides is 1. The minimum atomic E-state index is -3.78. The molecule has 0 spiro atoms. The molecule has 2 aromatic rings. The van der Waals surface area contributed by atoms with Gasteiger partial charge in [0, 0.05) is 6.54 Å². The van der Waals surface area contributed by atoms with Gasteiger partial charge < -0.3 is 10.7 Å². The molecule has 102 valence electrons. The van der Waals surface area contributed by atoms with Gasteiger partial charge in [0.05, 0.1) is 11.9 Å². The van der Waals surface area contributed by atoms with Gasteiger partial charge in [-0.05, 0) is 30.7 Å². The van der Waals surface area contributed by atoms with Gasteiger partial charge in [-0.15, -0.1) is 0 Å². The molecule has 4 N–H and O–H groups in total. The van der Waals surface area contributed by atoms with Crippen LogP contribution in [0.2, 0.25) is 0 Å². The quantitative estimate of drug-likeness (QED) is 0.783. The SMILES string of the molecule is Cc1ncc(S(=O)(=O)Nc2ccc(F)cc2CN)[nH]1. The minimum absolute atomic E-state index is 0.0254. The molecule has 0 radical (unpaired) electrons. The Kier molecular flexibility index (Phi) is 3.54. The van der Waals surface area contributed by atoms with Crippen LogP contribution in [0.15, 0.2) is 29.4 Å². The lowest BCUT2D eigenvalue weighted by Crippen LogP contribution is -2.15. The fourth-order valence-corrected chi connectivity index (χ4v) is 2.64. The van der Waals surface area contributed by atoms with Gasteiger partial charge in [0.25, 0.3) is 10.0 Å². The van der Waals surface area contributed by atoms with E-state index in [0.717, 1.165) is 6.07 Å². The summed E-state index contributed by atoms with van der Waals surface area (Å²) in [5, 5.41) is -0.0581. The molecule has 2 rings (SSSR count). The van der Waals surface area contributed by atoms with Gasteiger partial charge in [0.2, 0.25) is 0 Å². The number of nitrogens with zero attached hydrogens (tertiary/aromatic N) is 1. The zero-order chi connectivity index (χ0) is 14.0. The Balaban J connectivity index is 2.35. The van der Waals surface area contributed by atoms with Crippen LogP contribution in [0.5, 0.6) is 0 Å². The van der Waals surface area contributed by atoms with Crippen LogP contribution in [-0.4, -0.2) is 18.4 Å². The van der Waals surface area contributed by atoms with Gasteiger partial charge in [-0.1, -0.05) is 0 Å². The van der Waals surface area contributed by atoms with Crippen molar-refractivity contribution in [2.45, 2.75) is 18.5 Å². The number of aryl methyl sites for hydroxylation is 1. The summed E-state index contributed by atoms with van der Waals surface area (Å²) in [7, 11) is -3.78. The van der Waals surface area contributed by atoms with E-state index >= 15 is 0 Å². The molecule has 0 saturated carbocycles. The highest BCUT2D eigenvalue weighted by Gasteiger charge is 2.18. The molecule has 1 heterocycles. The van der Waals surface area contributed by atoms with Crippen LogP contribution in [0.25, 0.3) is 0 Å². The van der Waals surface area contributed by atoms with Gasteiger partial charge in [0.1, 0.15) is 11.6 Å². The van der Waals surface area contributed by atoms with E-state index in [1.54, 1.807) is 6.92 Å². The number of rotatable bonds is 4. The third-order valence-electron chi connectivity index (χ3n) is 2.50. The molecule has 0 fully saturated rings. The Labute approximate surface area is 109 Å². The smallest absolute Gasteiger partial charge is 0.278 e. The van der Waals surface area contributed by atoms with Crippen LogP contribution in [0.3, 0.4) is 0 Å². The van der Waals surface area contributed by atoms with Crippen molar-refractivity contribution in [3.8, 4) is 0 Å². The third-order valence-corrected chi connectivity index (χ3v) is 3.78. The monoisotopic (exact) mass is 284 g/mol. The highest BCUT2D eigenvalue weighted by Crippen LogP contribution is 2.20. The van der Waals surface area contributed by atoms with Crippen molar-refractivity contribution in [2.75, 3.05) is 4.72 Å². The summed E-state index contributed by atoms with van der Waals surface area (Å²) in [5.74, 6) is 0.0133. The molecule has 0 aliphatic heterocycles. The molecule has 8 heteroatoms. The lowest BCUT2D eigenvalue weighted by Gasteiger charge is -2.10. The Hall–Kier alpha value is -1.93. The minimum Gasteiger partial charge on any atom is -0.332 e. The summed E-state index contributed by atoms with van der Waals surface area (Å²) in [4.78, 5) is 6.44. The summed E-state index contributed by atoms with van der Waals surface area (Å²) >= 11 is 0. The number of halogens is 1. The molecule has 19 heavy (non-hydrogen) atoms. The zero-order valence-electron chi connectivity index (χ0n) is 10.1. The van der Waals surface area contributed by atoms with Gasteiger partial charge in [-0.3, -0.25) is 4.72 Å². The predicted molar refractivity (Wildman–Crippen MR) is 68.4 cm³/mol. The standard InChI is InChI=1S/C11H13FN4O2S/c1-7-14-6-11(15-7)19(17,18)16-10-3-2-9(12)4-8(10)5-13/h2-4,6,16H,5,13H2,1H3,(H,14,15). The number of nitrogens with one attached hydrogen (secondary N) is 2. The van der Waals surface area contributed by atoms with E-state index in [0.29, 0.717) is 11.4 Å². The first-order valence-corrected chi connectivity index (χ1v) is 6.93. The molecular formula is C11H13FN4O2S. The second kappa shape index (κ2) is 4.98. The lowest BCUT2D eigenvalue weighted by atomic mass is 10.2. The van der Waals surface area contributed by atoms with E-state index in [1.807, 2.05) is 0 Å². The fraction of sp³-hybridized carbons (Fsp3) is 0.182. The molecule has 0 unspecified atom stereocenters. The molecule has 6 nitrogen and oxygen atoms in total. The van der Waals surface area contributed by atoms with Crippen LogP contribution < -0.4 is 10.5 Å². The van der Waals surface area contributed by atoms with Crippen LogP contribution in [0.4, 0.5) is 10.1 Å². The molecule has 0 aliphatic carbocycles. The molecule has 0 bridgehead atoms. The topological polar surface area (TPSA) is 101 Å². The number of imidazole rings is 1. The number of H-pyrrole nitrogens is 1. The van der Waals surface area contributed by atoms with Crippen LogP contribution >= 0.6 is 0 Å². The van der Waals surface area contributed by atoms with Gasteiger partial charge in [0.15, 0.2) is 5.03 Å². The maximum absolute atomic E-state index is 13.0. The highest BCUT2D eigenvalue weighted by molar-refractivity contribution is 7.92. The molecule has 0 aliphatic rings. The molecule has 0 amide bonds. The Morgan fingerprint density at radius 2 is 2.21 bits per heavy atom. The van der Waals surface area contributed by atoms with Crippen molar-refractivity contribution >= 4 is 15.7 Å². The van der Waals surface area contributed by atoms with Gasteiger partial charge in [-0.2, -0.15) is 8.42 Å². The first-order valence-electron chi connectivity index (χ1n) is 5.45. The number of nitrogens with two attached hydrogens (primary N) is 1. The number of anilines is 1.